The van der Waals surface area contributed by atoms with Gasteiger partial charge in [0.1, 0.15) is 12.9 Å². The maximum atomic E-state index is 5.30. The lowest BCUT2D eigenvalue weighted by Crippen LogP contribution is -2.12. The van der Waals surface area contributed by atoms with Gasteiger partial charge in [-0.05, 0) is 12.8 Å². The molecule has 0 saturated carbocycles. The van der Waals surface area contributed by atoms with E-state index in [2.05, 4.69) is 12.8 Å². The number of terminal acetylenes is 1. The van der Waals surface area contributed by atoms with Crippen LogP contribution in [0.1, 0.15) is 39.0 Å². The van der Waals surface area contributed by atoms with Gasteiger partial charge in [0, 0.05) is 7.11 Å². The van der Waals surface area contributed by atoms with E-state index in [0.717, 1.165) is 12.8 Å². The van der Waals surface area contributed by atoms with Crippen molar-refractivity contribution in [1.82, 2.24) is 0 Å². The van der Waals surface area contributed by atoms with E-state index >= 15 is 0 Å². The van der Waals surface area contributed by atoms with E-state index in [1.807, 2.05) is 0 Å². The van der Waals surface area contributed by atoms with Crippen molar-refractivity contribution in [3.63, 3.8) is 0 Å². The molecule has 1 atom stereocenters. The summed E-state index contributed by atoms with van der Waals surface area (Å²) in [5.74, 6) is 2.61. The molecule has 0 fully saturated rings. The molecule has 0 spiro atoms. The highest BCUT2D eigenvalue weighted by Gasteiger charge is 2.03. The molecular formula is C11H20O2. The van der Waals surface area contributed by atoms with Crippen LogP contribution in [-0.4, -0.2) is 20.0 Å². The summed E-state index contributed by atoms with van der Waals surface area (Å²) in [4.78, 5) is 0. The van der Waals surface area contributed by atoms with Crippen LogP contribution >= 0.6 is 0 Å². The summed E-state index contributed by atoms with van der Waals surface area (Å²) in [6.07, 6.45) is 11.1. The van der Waals surface area contributed by atoms with Gasteiger partial charge in [-0.1, -0.05) is 32.1 Å². The van der Waals surface area contributed by atoms with Gasteiger partial charge >= 0.3 is 0 Å². The second-order valence-corrected chi connectivity index (χ2v) is 3.08. The molecule has 0 saturated heterocycles. The summed E-state index contributed by atoms with van der Waals surface area (Å²) in [7, 11) is 1.60. The third-order valence-corrected chi connectivity index (χ3v) is 1.89. The van der Waals surface area contributed by atoms with Gasteiger partial charge in [0.2, 0.25) is 0 Å². The number of ether oxygens (including phenoxy) is 2. The highest BCUT2D eigenvalue weighted by molar-refractivity contribution is 4.94. The average molecular weight is 184 g/mol. The lowest BCUT2D eigenvalue weighted by molar-refractivity contribution is -0.0547. The third-order valence-electron chi connectivity index (χ3n) is 1.89. The van der Waals surface area contributed by atoms with E-state index in [-0.39, 0.29) is 6.10 Å². The molecule has 0 radical (unpaired) electrons. The highest BCUT2D eigenvalue weighted by Crippen LogP contribution is 2.07. The molecule has 0 amide bonds. The molecule has 0 rings (SSSR count). The van der Waals surface area contributed by atoms with Gasteiger partial charge in [-0.2, -0.15) is 0 Å². The minimum absolute atomic E-state index is 0.0724. The topological polar surface area (TPSA) is 18.5 Å². The van der Waals surface area contributed by atoms with Gasteiger partial charge in [-0.25, -0.2) is 0 Å². The van der Waals surface area contributed by atoms with Gasteiger partial charge in [-0.15, -0.1) is 6.42 Å². The van der Waals surface area contributed by atoms with Crippen LogP contribution in [0.3, 0.4) is 0 Å². The maximum Gasteiger partial charge on any atom is 0.148 e. The molecule has 0 aromatic heterocycles. The first-order chi connectivity index (χ1) is 6.35. The van der Waals surface area contributed by atoms with Crippen LogP contribution in [0, 0.1) is 12.3 Å². The van der Waals surface area contributed by atoms with Crippen LogP contribution in [-0.2, 0) is 9.47 Å². The maximum absolute atomic E-state index is 5.30. The van der Waals surface area contributed by atoms with Crippen molar-refractivity contribution in [2.75, 3.05) is 13.9 Å². The predicted molar refractivity (Wildman–Crippen MR) is 54.3 cm³/mol. The molecule has 0 aliphatic heterocycles. The second kappa shape index (κ2) is 9.57. The normalized spacial score (nSPS) is 12.4. The monoisotopic (exact) mass is 184 g/mol. The summed E-state index contributed by atoms with van der Waals surface area (Å²) < 4.78 is 10.0. The Morgan fingerprint density at radius 2 is 2.08 bits per heavy atom. The summed E-state index contributed by atoms with van der Waals surface area (Å²) in [6.45, 7) is 2.49. The molecule has 0 aliphatic carbocycles. The van der Waals surface area contributed by atoms with Crippen LogP contribution in [0.2, 0.25) is 0 Å². The number of methoxy groups -OCH3 is 1. The molecule has 0 bridgehead atoms. The molecular weight excluding hydrogens is 164 g/mol. The third kappa shape index (κ3) is 7.83. The Balaban J connectivity index is 3.32. The van der Waals surface area contributed by atoms with E-state index < -0.39 is 0 Å². The van der Waals surface area contributed by atoms with Crippen LogP contribution < -0.4 is 0 Å². The Morgan fingerprint density at radius 3 is 2.62 bits per heavy atom. The fourth-order valence-corrected chi connectivity index (χ4v) is 1.12. The fourth-order valence-electron chi connectivity index (χ4n) is 1.12. The molecule has 0 aromatic rings. The first-order valence-corrected chi connectivity index (χ1v) is 4.91. The van der Waals surface area contributed by atoms with Crippen LogP contribution in [0.15, 0.2) is 0 Å². The van der Waals surface area contributed by atoms with Gasteiger partial charge < -0.3 is 9.47 Å². The molecule has 76 valence electrons. The Bertz CT molecular complexity index is 138. The Hall–Kier alpha value is -0.520. The number of hydrogen-bond donors (Lipinski definition) is 0. The SMILES string of the molecule is C#C[C@H](CCCCCC)OCOC. The summed E-state index contributed by atoms with van der Waals surface area (Å²) in [6, 6.07) is 0. The highest BCUT2D eigenvalue weighted by atomic mass is 16.7. The smallest absolute Gasteiger partial charge is 0.148 e. The predicted octanol–water partition coefficient (Wildman–Crippen LogP) is 2.58. The van der Waals surface area contributed by atoms with Crippen molar-refractivity contribution >= 4 is 0 Å². The van der Waals surface area contributed by atoms with E-state index in [1.165, 1.54) is 19.3 Å². The van der Waals surface area contributed by atoms with Crippen LogP contribution in [0.25, 0.3) is 0 Å². The number of unbranched alkanes of at least 4 members (excludes halogenated alkanes) is 3. The lowest BCUT2D eigenvalue weighted by atomic mass is 10.1. The van der Waals surface area contributed by atoms with Crippen molar-refractivity contribution < 1.29 is 9.47 Å². The largest absolute Gasteiger partial charge is 0.359 e. The van der Waals surface area contributed by atoms with Crippen molar-refractivity contribution in [3.8, 4) is 12.3 Å². The zero-order valence-corrected chi connectivity index (χ0v) is 8.71. The Morgan fingerprint density at radius 1 is 1.31 bits per heavy atom. The van der Waals surface area contributed by atoms with E-state index in [0.29, 0.717) is 6.79 Å². The standard InChI is InChI=1S/C11H20O2/c1-4-6-7-8-9-11(5-2)13-10-12-3/h2,11H,4,6-10H2,1,3H3/t11-/m1/s1. The zero-order valence-electron chi connectivity index (χ0n) is 8.71. The van der Waals surface area contributed by atoms with Crippen molar-refractivity contribution in [2.45, 2.75) is 45.1 Å². The number of rotatable bonds is 8. The molecule has 13 heavy (non-hydrogen) atoms. The Kier molecular flexibility index (Phi) is 9.18. The lowest BCUT2D eigenvalue weighted by Gasteiger charge is -2.10. The zero-order chi connectivity index (χ0) is 9.94. The first kappa shape index (κ1) is 12.5. The van der Waals surface area contributed by atoms with Gasteiger partial charge in [0.05, 0.1) is 0 Å². The molecule has 0 N–H and O–H groups in total. The van der Waals surface area contributed by atoms with Crippen LogP contribution in [0.4, 0.5) is 0 Å². The molecule has 2 heteroatoms. The molecule has 0 aliphatic rings. The van der Waals surface area contributed by atoms with Crippen molar-refractivity contribution in [2.24, 2.45) is 0 Å². The summed E-state index contributed by atoms with van der Waals surface area (Å²) in [5.41, 5.74) is 0. The second-order valence-electron chi connectivity index (χ2n) is 3.08. The molecule has 0 aromatic carbocycles. The minimum atomic E-state index is -0.0724. The fraction of sp³-hybridized carbons (Fsp3) is 0.818. The van der Waals surface area contributed by atoms with Gasteiger partial charge in [0.15, 0.2) is 0 Å². The number of hydrogen-bond acceptors (Lipinski definition) is 2. The van der Waals surface area contributed by atoms with E-state index in [1.54, 1.807) is 7.11 Å². The molecule has 0 unspecified atom stereocenters. The molecule has 2 nitrogen and oxygen atoms in total. The quantitative estimate of drug-likeness (QED) is 0.328. The van der Waals surface area contributed by atoms with Gasteiger partial charge in [0.25, 0.3) is 0 Å². The van der Waals surface area contributed by atoms with E-state index in [4.69, 9.17) is 15.9 Å². The Labute approximate surface area is 81.6 Å². The average Bonchev–Trinajstić information content (AvgIpc) is 2.17. The molecule has 0 heterocycles. The van der Waals surface area contributed by atoms with E-state index in [9.17, 15) is 0 Å². The van der Waals surface area contributed by atoms with Crippen molar-refractivity contribution in [1.29, 1.82) is 0 Å². The summed E-state index contributed by atoms with van der Waals surface area (Å²) in [5, 5.41) is 0. The van der Waals surface area contributed by atoms with Crippen molar-refractivity contribution in [3.05, 3.63) is 0 Å². The van der Waals surface area contributed by atoms with Crippen LogP contribution in [0.5, 0.6) is 0 Å². The van der Waals surface area contributed by atoms with Gasteiger partial charge in [-0.3, -0.25) is 0 Å². The minimum Gasteiger partial charge on any atom is -0.359 e. The summed E-state index contributed by atoms with van der Waals surface area (Å²) >= 11 is 0. The first-order valence-electron chi connectivity index (χ1n) is 4.91.